The standard InChI is InChI=1S/C31H32N2O5S/c1-22(2)39(36,37)33-28-12-3-7-23(19-28)8-6-18-38-30-13-5-11-27(21-30)32-31(35)26-10-4-9-25(20-26)24-14-16-29(34)17-15-24/h3-5,7,9-17,19-22,33-34H,6,8,18H2,1-2H3,(H,32,35). The Balaban J connectivity index is 1.30. The number of carbonyl (C=O) groups is 1. The van der Waals surface area contributed by atoms with E-state index in [4.69, 9.17) is 4.74 Å². The molecule has 4 aromatic rings. The molecule has 39 heavy (non-hydrogen) atoms. The molecule has 0 aliphatic carbocycles. The van der Waals surface area contributed by atoms with E-state index in [0.29, 0.717) is 29.3 Å². The Morgan fingerprint density at radius 2 is 1.56 bits per heavy atom. The van der Waals surface area contributed by atoms with Gasteiger partial charge in [0.1, 0.15) is 11.5 Å². The molecule has 0 heterocycles. The normalized spacial score (nSPS) is 11.3. The molecule has 7 nitrogen and oxygen atoms in total. The summed E-state index contributed by atoms with van der Waals surface area (Å²) < 4.78 is 32.8. The Labute approximate surface area is 229 Å². The van der Waals surface area contributed by atoms with Crippen molar-refractivity contribution in [2.24, 2.45) is 0 Å². The molecule has 202 valence electrons. The number of aryl methyl sites for hydroxylation is 1. The number of carbonyl (C=O) groups excluding carboxylic acids is 1. The Bertz CT molecular complexity index is 1530. The maximum Gasteiger partial charge on any atom is 0.255 e. The molecular weight excluding hydrogens is 512 g/mol. The molecule has 0 radical (unpaired) electrons. The third-order valence-electron chi connectivity index (χ3n) is 6.10. The Kier molecular flexibility index (Phi) is 8.88. The van der Waals surface area contributed by atoms with Crippen LogP contribution in [0.2, 0.25) is 0 Å². The Morgan fingerprint density at radius 3 is 2.33 bits per heavy atom. The molecule has 4 aromatic carbocycles. The van der Waals surface area contributed by atoms with Gasteiger partial charge in [-0.15, -0.1) is 0 Å². The second-order valence-corrected chi connectivity index (χ2v) is 11.7. The molecule has 3 N–H and O–H groups in total. The maximum atomic E-state index is 12.9. The van der Waals surface area contributed by atoms with Gasteiger partial charge in [0.2, 0.25) is 10.0 Å². The number of ether oxygens (including phenoxy) is 1. The first-order chi connectivity index (χ1) is 18.7. The fourth-order valence-electron chi connectivity index (χ4n) is 3.90. The SMILES string of the molecule is CC(C)S(=O)(=O)Nc1cccc(CCCOc2cccc(NC(=O)c3cccc(-c4ccc(O)cc4)c3)c2)c1. The highest BCUT2D eigenvalue weighted by molar-refractivity contribution is 7.93. The van der Waals surface area contributed by atoms with Crippen LogP contribution in [0.4, 0.5) is 11.4 Å². The minimum Gasteiger partial charge on any atom is -0.508 e. The topological polar surface area (TPSA) is 105 Å². The highest BCUT2D eigenvalue weighted by Crippen LogP contribution is 2.24. The third kappa shape index (κ3) is 7.85. The summed E-state index contributed by atoms with van der Waals surface area (Å²) in [6, 6.07) is 28.8. The van der Waals surface area contributed by atoms with Gasteiger partial charge < -0.3 is 15.2 Å². The van der Waals surface area contributed by atoms with Gasteiger partial charge in [0.05, 0.1) is 11.9 Å². The highest BCUT2D eigenvalue weighted by Gasteiger charge is 2.15. The maximum absolute atomic E-state index is 12.9. The Morgan fingerprint density at radius 1 is 0.846 bits per heavy atom. The van der Waals surface area contributed by atoms with E-state index in [1.807, 2.05) is 48.5 Å². The van der Waals surface area contributed by atoms with Gasteiger partial charge in [-0.3, -0.25) is 9.52 Å². The fourth-order valence-corrected chi connectivity index (χ4v) is 4.59. The number of hydrogen-bond donors (Lipinski definition) is 3. The molecule has 0 unspecified atom stereocenters. The number of sulfonamides is 1. The molecule has 0 atom stereocenters. The fraction of sp³-hybridized carbons (Fsp3) is 0.194. The van der Waals surface area contributed by atoms with Gasteiger partial charge in [-0.2, -0.15) is 0 Å². The molecule has 0 aromatic heterocycles. The molecule has 0 bridgehead atoms. The number of benzene rings is 4. The van der Waals surface area contributed by atoms with Crippen LogP contribution in [0.5, 0.6) is 11.5 Å². The first kappa shape index (κ1) is 27.7. The average molecular weight is 545 g/mol. The van der Waals surface area contributed by atoms with Crippen molar-refractivity contribution in [1.82, 2.24) is 0 Å². The lowest BCUT2D eigenvalue weighted by molar-refractivity contribution is 0.102. The van der Waals surface area contributed by atoms with Crippen molar-refractivity contribution in [1.29, 1.82) is 0 Å². The second-order valence-electron chi connectivity index (χ2n) is 9.46. The predicted molar refractivity (Wildman–Crippen MR) is 156 cm³/mol. The van der Waals surface area contributed by atoms with E-state index in [1.165, 1.54) is 0 Å². The summed E-state index contributed by atoms with van der Waals surface area (Å²) in [6.45, 7) is 3.75. The summed E-state index contributed by atoms with van der Waals surface area (Å²) in [5, 5.41) is 11.9. The summed E-state index contributed by atoms with van der Waals surface area (Å²) in [6.07, 6.45) is 1.46. The lowest BCUT2D eigenvalue weighted by Gasteiger charge is -2.12. The van der Waals surface area contributed by atoms with Crippen molar-refractivity contribution in [3.8, 4) is 22.6 Å². The van der Waals surface area contributed by atoms with Gasteiger partial charge in [0, 0.05) is 23.0 Å². The summed E-state index contributed by atoms with van der Waals surface area (Å²) in [7, 11) is -3.39. The molecular formula is C31H32N2O5S. The number of anilines is 2. The third-order valence-corrected chi connectivity index (χ3v) is 7.86. The summed E-state index contributed by atoms with van der Waals surface area (Å²) in [5.74, 6) is 0.598. The minimum atomic E-state index is -3.39. The minimum absolute atomic E-state index is 0.191. The predicted octanol–water partition coefficient (Wildman–Crippen LogP) is 6.47. The van der Waals surface area contributed by atoms with Gasteiger partial charge in [0.25, 0.3) is 5.91 Å². The monoisotopic (exact) mass is 544 g/mol. The molecule has 0 fully saturated rings. The van der Waals surface area contributed by atoms with Crippen molar-refractivity contribution in [2.45, 2.75) is 31.9 Å². The highest BCUT2D eigenvalue weighted by atomic mass is 32.2. The number of amides is 1. The number of phenols is 1. The van der Waals surface area contributed by atoms with Crippen LogP contribution in [-0.4, -0.2) is 31.3 Å². The molecule has 0 aliphatic rings. The van der Waals surface area contributed by atoms with Crippen molar-refractivity contribution >= 4 is 27.3 Å². The van der Waals surface area contributed by atoms with Crippen molar-refractivity contribution in [3.05, 3.63) is 108 Å². The molecule has 0 saturated carbocycles. The van der Waals surface area contributed by atoms with Crippen molar-refractivity contribution in [2.75, 3.05) is 16.6 Å². The number of phenolic OH excluding ortho intramolecular Hbond substituents is 1. The largest absolute Gasteiger partial charge is 0.508 e. The molecule has 0 saturated heterocycles. The van der Waals surface area contributed by atoms with Crippen LogP contribution < -0.4 is 14.8 Å². The average Bonchev–Trinajstić information content (AvgIpc) is 2.92. The van der Waals surface area contributed by atoms with E-state index < -0.39 is 15.3 Å². The van der Waals surface area contributed by atoms with Crippen LogP contribution in [0.25, 0.3) is 11.1 Å². The number of rotatable bonds is 11. The second kappa shape index (κ2) is 12.5. The lowest BCUT2D eigenvalue weighted by atomic mass is 10.0. The van der Waals surface area contributed by atoms with Gasteiger partial charge in [-0.05, 0) is 91.9 Å². The summed E-state index contributed by atoms with van der Waals surface area (Å²) in [4.78, 5) is 12.9. The zero-order valence-corrected chi connectivity index (χ0v) is 22.7. The smallest absolute Gasteiger partial charge is 0.255 e. The molecule has 0 aliphatic heterocycles. The number of nitrogens with one attached hydrogen (secondary N) is 2. The van der Waals surface area contributed by atoms with Gasteiger partial charge >= 0.3 is 0 Å². The van der Waals surface area contributed by atoms with E-state index >= 15 is 0 Å². The van der Waals surface area contributed by atoms with Crippen LogP contribution >= 0.6 is 0 Å². The number of hydrogen-bond acceptors (Lipinski definition) is 5. The zero-order chi connectivity index (χ0) is 27.8. The summed E-state index contributed by atoms with van der Waals surface area (Å²) >= 11 is 0. The number of aromatic hydroxyl groups is 1. The van der Waals surface area contributed by atoms with Gasteiger partial charge in [-0.1, -0.05) is 42.5 Å². The van der Waals surface area contributed by atoms with E-state index in [-0.39, 0.29) is 11.7 Å². The first-order valence-corrected chi connectivity index (χ1v) is 14.3. The molecule has 8 heteroatoms. The van der Waals surface area contributed by atoms with Crippen LogP contribution in [0.15, 0.2) is 97.1 Å². The van der Waals surface area contributed by atoms with Crippen LogP contribution in [0, 0.1) is 0 Å². The van der Waals surface area contributed by atoms with E-state index in [9.17, 15) is 18.3 Å². The van der Waals surface area contributed by atoms with Crippen molar-refractivity contribution < 1.29 is 23.1 Å². The van der Waals surface area contributed by atoms with E-state index in [2.05, 4.69) is 10.0 Å². The first-order valence-electron chi connectivity index (χ1n) is 12.7. The molecule has 0 spiro atoms. The zero-order valence-electron chi connectivity index (χ0n) is 21.9. The van der Waals surface area contributed by atoms with Gasteiger partial charge in [-0.25, -0.2) is 8.42 Å². The van der Waals surface area contributed by atoms with E-state index in [1.54, 1.807) is 62.4 Å². The van der Waals surface area contributed by atoms with Crippen LogP contribution in [0.3, 0.4) is 0 Å². The van der Waals surface area contributed by atoms with Crippen LogP contribution in [-0.2, 0) is 16.4 Å². The summed E-state index contributed by atoms with van der Waals surface area (Å²) in [5.41, 5.74) is 4.49. The van der Waals surface area contributed by atoms with Gasteiger partial charge in [0.15, 0.2) is 0 Å². The van der Waals surface area contributed by atoms with E-state index in [0.717, 1.165) is 29.5 Å². The quantitative estimate of drug-likeness (QED) is 0.188. The van der Waals surface area contributed by atoms with Crippen LogP contribution in [0.1, 0.15) is 36.2 Å². The molecule has 1 amide bonds. The Hall–Kier alpha value is -4.30. The molecule has 4 rings (SSSR count). The lowest BCUT2D eigenvalue weighted by Crippen LogP contribution is -2.22. The van der Waals surface area contributed by atoms with Crippen molar-refractivity contribution in [3.63, 3.8) is 0 Å².